The number of ether oxygens (including phenoxy) is 1. The molecule has 0 amide bonds. The van der Waals surface area contributed by atoms with Crippen LogP contribution in [0.2, 0.25) is 0 Å². The molecule has 0 bridgehead atoms. The molecule has 0 spiro atoms. The highest BCUT2D eigenvalue weighted by atomic mass is 32.1. The first-order valence-corrected chi connectivity index (χ1v) is 7.37. The fourth-order valence-corrected chi connectivity index (χ4v) is 2.43. The van der Waals surface area contributed by atoms with Gasteiger partial charge in [0.1, 0.15) is 23.1 Å². The van der Waals surface area contributed by atoms with Gasteiger partial charge in [-0.05, 0) is 31.0 Å². The van der Waals surface area contributed by atoms with Gasteiger partial charge in [-0.3, -0.25) is 0 Å². The zero-order valence-corrected chi connectivity index (χ0v) is 12.2. The van der Waals surface area contributed by atoms with Crippen molar-refractivity contribution in [2.45, 2.75) is 33.3 Å². The van der Waals surface area contributed by atoms with Crippen molar-refractivity contribution in [3.63, 3.8) is 0 Å². The van der Waals surface area contributed by atoms with Crippen molar-refractivity contribution in [3.05, 3.63) is 35.5 Å². The maximum atomic E-state index is 5.73. The molecular formula is C14H19N3OS. The third kappa shape index (κ3) is 3.92. The minimum Gasteiger partial charge on any atom is -0.487 e. The Morgan fingerprint density at radius 2 is 2.00 bits per heavy atom. The van der Waals surface area contributed by atoms with Crippen molar-refractivity contribution in [3.8, 4) is 5.75 Å². The van der Waals surface area contributed by atoms with E-state index in [0.717, 1.165) is 35.8 Å². The largest absolute Gasteiger partial charge is 0.487 e. The molecule has 0 radical (unpaired) electrons. The van der Waals surface area contributed by atoms with Crippen LogP contribution >= 0.6 is 11.5 Å². The second kappa shape index (κ2) is 7.09. The lowest BCUT2D eigenvalue weighted by Gasteiger charge is -2.07. The first-order valence-electron chi connectivity index (χ1n) is 6.60. The van der Waals surface area contributed by atoms with Crippen LogP contribution in [-0.2, 0) is 13.0 Å². The molecule has 4 nitrogen and oxygen atoms in total. The molecule has 0 unspecified atom stereocenters. The van der Waals surface area contributed by atoms with E-state index in [0.29, 0.717) is 6.61 Å². The van der Waals surface area contributed by atoms with Crippen LogP contribution in [0.15, 0.2) is 24.3 Å². The first-order chi connectivity index (χ1) is 9.33. The maximum absolute atomic E-state index is 5.73. The van der Waals surface area contributed by atoms with Crippen molar-refractivity contribution >= 4 is 16.5 Å². The predicted octanol–water partition coefficient (Wildman–Crippen LogP) is 3.50. The highest BCUT2D eigenvalue weighted by Gasteiger charge is 2.07. The third-order valence-corrected chi connectivity index (χ3v) is 3.46. The predicted molar refractivity (Wildman–Crippen MR) is 78.8 cm³/mol. The van der Waals surface area contributed by atoms with Crippen LogP contribution in [0.1, 0.15) is 31.5 Å². The van der Waals surface area contributed by atoms with Crippen molar-refractivity contribution in [2.24, 2.45) is 0 Å². The number of hydrogen-bond donors (Lipinski definition) is 1. The number of benzene rings is 1. The molecule has 102 valence electrons. The van der Waals surface area contributed by atoms with Crippen molar-refractivity contribution in [1.82, 2.24) is 9.59 Å². The molecule has 1 aromatic heterocycles. The third-order valence-electron chi connectivity index (χ3n) is 2.73. The smallest absolute Gasteiger partial charge is 0.136 e. The van der Waals surface area contributed by atoms with E-state index in [4.69, 9.17) is 4.74 Å². The van der Waals surface area contributed by atoms with Gasteiger partial charge in [0.15, 0.2) is 0 Å². The average molecular weight is 277 g/mol. The number of hydrogen-bond acceptors (Lipinski definition) is 5. The number of nitrogens with one attached hydrogen (secondary N) is 1. The lowest BCUT2D eigenvalue weighted by molar-refractivity contribution is 0.301. The minimum absolute atomic E-state index is 0.450. The van der Waals surface area contributed by atoms with Crippen molar-refractivity contribution < 1.29 is 4.74 Å². The molecule has 1 aromatic carbocycles. The topological polar surface area (TPSA) is 47.0 Å². The van der Waals surface area contributed by atoms with Crippen LogP contribution in [0.4, 0.5) is 5.00 Å². The second-order valence-corrected chi connectivity index (χ2v) is 5.02. The quantitative estimate of drug-likeness (QED) is 0.841. The first kappa shape index (κ1) is 13.8. The Labute approximate surface area is 118 Å². The molecule has 19 heavy (non-hydrogen) atoms. The lowest BCUT2D eigenvalue weighted by atomic mass is 10.1. The molecule has 0 fully saturated rings. The van der Waals surface area contributed by atoms with Crippen LogP contribution in [-0.4, -0.2) is 16.1 Å². The Morgan fingerprint density at radius 3 is 2.68 bits per heavy atom. The number of rotatable bonds is 7. The van der Waals surface area contributed by atoms with E-state index in [-0.39, 0.29) is 0 Å². The van der Waals surface area contributed by atoms with Crippen molar-refractivity contribution in [2.75, 3.05) is 11.9 Å². The lowest BCUT2D eigenvalue weighted by Crippen LogP contribution is -2.02. The summed E-state index contributed by atoms with van der Waals surface area (Å²) in [4.78, 5) is 0. The Bertz CT molecular complexity index is 496. The zero-order valence-electron chi connectivity index (χ0n) is 11.3. The van der Waals surface area contributed by atoms with Gasteiger partial charge in [0.2, 0.25) is 0 Å². The molecule has 2 rings (SSSR count). The standard InChI is InChI=1S/C14H19N3OS/c1-3-5-11-6-8-12(9-7-11)18-10-13-14(15-4-2)19-17-16-13/h6-9,15H,3-5,10H2,1-2H3. The number of aromatic nitrogens is 2. The van der Waals surface area contributed by atoms with E-state index in [1.54, 1.807) is 0 Å². The van der Waals surface area contributed by atoms with Gasteiger partial charge in [-0.2, -0.15) is 0 Å². The van der Waals surface area contributed by atoms with E-state index in [1.165, 1.54) is 17.1 Å². The molecule has 1 N–H and O–H groups in total. The summed E-state index contributed by atoms with van der Waals surface area (Å²) in [6, 6.07) is 8.25. The Morgan fingerprint density at radius 1 is 1.21 bits per heavy atom. The Hall–Kier alpha value is -1.62. The van der Waals surface area contributed by atoms with E-state index in [9.17, 15) is 0 Å². The summed E-state index contributed by atoms with van der Waals surface area (Å²) in [5.41, 5.74) is 2.21. The summed E-state index contributed by atoms with van der Waals surface area (Å²) in [5, 5.41) is 8.30. The van der Waals surface area contributed by atoms with Crippen LogP contribution in [0.25, 0.3) is 0 Å². The molecule has 1 heterocycles. The fourth-order valence-electron chi connectivity index (χ4n) is 1.79. The van der Waals surface area contributed by atoms with Gasteiger partial charge in [0, 0.05) is 18.1 Å². The van der Waals surface area contributed by atoms with Gasteiger partial charge in [-0.15, -0.1) is 5.10 Å². The fraction of sp³-hybridized carbons (Fsp3) is 0.429. The van der Waals surface area contributed by atoms with Gasteiger partial charge in [0.25, 0.3) is 0 Å². The number of aryl methyl sites for hydroxylation is 1. The molecule has 2 aromatic rings. The molecule has 0 aliphatic rings. The van der Waals surface area contributed by atoms with E-state index < -0.39 is 0 Å². The highest BCUT2D eigenvalue weighted by Crippen LogP contribution is 2.20. The summed E-state index contributed by atoms with van der Waals surface area (Å²) < 4.78 is 9.68. The van der Waals surface area contributed by atoms with E-state index in [2.05, 4.69) is 40.9 Å². The molecule has 0 aliphatic carbocycles. The van der Waals surface area contributed by atoms with Gasteiger partial charge < -0.3 is 10.1 Å². The van der Waals surface area contributed by atoms with Gasteiger partial charge in [-0.25, -0.2) is 0 Å². The van der Waals surface area contributed by atoms with Crippen LogP contribution in [0.3, 0.4) is 0 Å². The van der Waals surface area contributed by atoms with Crippen LogP contribution < -0.4 is 10.1 Å². The normalized spacial score (nSPS) is 10.4. The summed E-state index contributed by atoms with van der Waals surface area (Å²) in [6.07, 6.45) is 2.28. The molecule has 0 saturated heterocycles. The number of anilines is 1. The monoisotopic (exact) mass is 277 g/mol. The SMILES string of the molecule is CCCc1ccc(OCc2nnsc2NCC)cc1. The molecular weight excluding hydrogens is 258 g/mol. The molecule has 0 saturated carbocycles. The highest BCUT2D eigenvalue weighted by molar-refractivity contribution is 7.10. The second-order valence-electron chi connectivity index (χ2n) is 4.26. The van der Waals surface area contributed by atoms with E-state index >= 15 is 0 Å². The summed E-state index contributed by atoms with van der Waals surface area (Å²) in [5.74, 6) is 0.871. The van der Waals surface area contributed by atoms with Gasteiger partial charge >= 0.3 is 0 Å². The van der Waals surface area contributed by atoms with Gasteiger partial charge in [0.05, 0.1) is 0 Å². The van der Waals surface area contributed by atoms with Crippen molar-refractivity contribution in [1.29, 1.82) is 0 Å². The van der Waals surface area contributed by atoms with Crippen LogP contribution in [0, 0.1) is 0 Å². The number of nitrogens with zero attached hydrogens (tertiary/aromatic N) is 2. The molecule has 5 heteroatoms. The van der Waals surface area contributed by atoms with Gasteiger partial charge in [-0.1, -0.05) is 30.0 Å². The summed E-state index contributed by atoms with van der Waals surface area (Å²) in [7, 11) is 0. The summed E-state index contributed by atoms with van der Waals surface area (Å²) in [6.45, 7) is 5.55. The summed E-state index contributed by atoms with van der Waals surface area (Å²) >= 11 is 1.37. The Kier molecular flexibility index (Phi) is 5.15. The van der Waals surface area contributed by atoms with E-state index in [1.807, 2.05) is 12.1 Å². The average Bonchev–Trinajstić information content (AvgIpc) is 2.86. The molecule has 0 atom stereocenters. The zero-order chi connectivity index (χ0) is 13.5. The molecule has 0 aliphatic heterocycles. The minimum atomic E-state index is 0.450. The maximum Gasteiger partial charge on any atom is 0.136 e. The van der Waals surface area contributed by atoms with Crippen LogP contribution in [0.5, 0.6) is 5.75 Å². The Balaban J connectivity index is 1.92.